The summed E-state index contributed by atoms with van der Waals surface area (Å²) in [4.78, 5) is 58.4. The van der Waals surface area contributed by atoms with Crippen LogP contribution in [-0.4, -0.2) is 68.0 Å². The quantitative estimate of drug-likeness (QED) is 0.0981. The van der Waals surface area contributed by atoms with E-state index >= 15 is 0 Å². The van der Waals surface area contributed by atoms with Crippen LogP contribution in [0.15, 0.2) is 85.2 Å². The van der Waals surface area contributed by atoms with Crippen LogP contribution < -0.4 is 21.7 Å². The Labute approximate surface area is 264 Å². The normalized spacial score (nSPS) is 13.9. The van der Waals surface area contributed by atoms with Gasteiger partial charge in [-0.15, -0.1) is 0 Å². The third kappa shape index (κ3) is 7.53. The Kier molecular flexibility index (Phi) is 9.67. The lowest BCUT2D eigenvalue weighted by Crippen LogP contribution is -2.58. The van der Waals surface area contributed by atoms with E-state index in [0.717, 1.165) is 32.9 Å². The van der Waals surface area contributed by atoms with Crippen LogP contribution in [-0.2, 0) is 38.4 Å². The molecule has 238 valence electrons. The minimum absolute atomic E-state index is 0.0324. The van der Waals surface area contributed by atoms with E-state index in [4.69, 9.17) is 5.73 Å². The first-order chi connectivity index (χ1) is 22.1. The number of carboxylic acid groups (broad SMARTS) is 1. The Bertz CT molecular complexity index is 1860. The van der Waals surface area contributed by atoms with Gasteiger partial charge in [0.1, 0.15) is 23.9 Å². The number of amides is 3. The first-order valence-corrected chi connectivity index (χ1v) is 14.9. The van der Waals surface area contributed by atoms with E-state index < -0.39 is 47.9 Å². The number of phenols is 1. The minimum atomic E-state index is -1.23. The summed E-state index contributed by atoms with van der Waals surface area (Å²) in [5, 5.41) is 28.8. The highest BCUT2D eigenvalue weighted by Gasteiger charge is 2.30. The maximum atomic E-state index is 13.9. The smallest absolute Gasteiger partial charge is 0.325 e. The second-order valence-corrected chi connectivity index (χ2v) is 11.3. The fourth-order valence-corrected chi connectivity index (χ4v) is 5.36. The fourth-order valence-electron chi connectivity index (χ4n) is 5.36. The van der Waals surface area contributed by atoms with Gasteiger partial charge in [-0.05, 0) is 54.3 Å². The molecule has 0 aliphatic rings. The number of aromatic nitrogens is 2. The number of aromatic hydroxyl groups is 1. The molecule has 46 heavy (non-hydrogen) atoms. The van der Waals surface area contributed by atoms with Crippen molar-refractivity contribution < 1.29 is 29.4 Å². The number of para-hydroxylation sites is 2. The number of aromatic amines is 2. The van der Waals surface area contributed by atoms with Crippen LogP contribution in [0.5, 0.6) is 5.75 Å². The topological polar surface area (TPSA) is 202 Å². The number of phenolic OH excluding ortho intramolecular Hbond substituents is 1. The Balaban J connectivity index is 1.37. The van der Waals surface area contributed by atoms with Crippen molar-refractivity contribution in [3.05, 3.63) is 102 Å². The minimum Gasteiger partial charge on any atom is -0.508 e. The molecule has 0 aliphatic carbocycles. The second-order valence-electron chi connectivity index (χ2n) is 11.3. The first kappa shape index (κ1) is 31.8. The molecule has 0 saturated heterocycles. The highest BCUT2D eigenvalue weighted by atomic mass is 16.4. The predicted molar refractivity (Wildman–Crippen MR) is 173 cm³/mol. The lowest BCUT2D eigenvalue weighted by molar-refractivity contribution is -0.141. The van der Waals surface area contributed by atoms with E-state index in [-0.39, 0.29) is 25.0 Å². The summed E-state index contributed by atoms with van der Waals surface area (Å²) in [5.74, 6) is -3.12. The van der Waals surface area contributed by atoms with E-state index in [2.05, 4.69) is 25.9 Å². The van der Waals surface area contributed by atoms with Gasteiger partial charge in [-0.25, -0.2) is 0 Å². The molecule has 2 heterocycles. The summed E-state index contributed by atoms with van der Waals surface area (Å²) in [6.07, 6.45) is 3.82. The van der Waals surface area contributed by atoms with E-state index in [0.29, 0.717) is 5.56 Å². The maximum absolute atomic E-state index is 13.9. The first-order valence-electron chi connectivity index (χ1n) is 14.9. The summed E-state index contributed by atoms with van der Waals surface area (Å²) in [7, 11) is 0. The molecule has 5 aromatic rings. The highest BCUT2D eigenvalue weighted by molar-refractivity contribution is 5.95. The molecule has 4 unspecified atom stereocenters. The number of carbonyl (C=O) groups is 4. The Morgan fingerprint density at radius 3 is 1.78 bits per heavy atom. The summed E-state index contributed by atoms with van der Waals surface area (Å²) >= 11 is 0. The highest BCUT2D eigenvalue weighted by Crippen LogP contribution is 2.21. The summed E-state index contributed by atoms with van der Waals surface area (Å²) in [6.45, 7) is 1.33. The van der Waals surface area contributed by atoms with Gasteiger partial charge in [0, 0.05) is 47.0 Å². The molecule has 9 N–H and O–H groups in total. The molecule has 12 nitrogen and oxygen atoms in total. The lowest BCUT2D eigenvalue weighted by atomic mass is 10.0. The van der Waals surface area contributed by atoms with Gasteiger partial charge in [-0.3, -0.25) is 19.2 Å². The van der Waals surface area contributed by atoms with Gasteiger partial charge in [0.15, 0.2) is 0 Å². The number of hydrogen-bond acceptors (Lipinski definition) is 6. The van der Waals surface area contributed by atoms with E-state index in [1.165, 1.54) is 19.1 Å². The number of nitrogens with one attached hydrogen (secondary N) is 5. The molecule has 0 radical (unpaired) electrons. The summed E-state index contributed by atoms with van der Waals surface area (Å²) in [5.41, 5.74) is 10.3. The molecule has 2 aromatic heterocycles. The van der Waals surface area contributed by atoms with Crippen molar-refractivity contribution in [2.24, 2.45) is 5.73 Å². The number of H-pyrrole nitrogens is 2. The number of fused-ring (bicyclic) bond motifs is 2. The molecule has 5 rings (SSSR count). The van der Waals surface area contributed by atoms with Gasteiger partial charge in [0.2, 0.25) is 17.7 Å². The van der Waals surface area contributed by atoms with E-state index in [1.807, 2.05) is 48.5 Å². The number of hydrogen-bond donors (Lipinski definition) is 8. The number of carboxylic acids is 1. The average Bonchev–Trinajstić information content (AvgIpc) is 3.65. The Morgan fingerprint density at radius 1 is 0.696 bits per heavy atom. The van der Waals surface area contributed by atoms with Crippen molar-refractivity contribution in [2.45, 2.75) is 50.4 Å². The third-order valence-electron chi connectivity index (χ3n) is 7.92. The van der Waals surface area contributed by atoms with Crippen LogP contribution in [0.4, 0.5) is 0 Å². The largest absolute Gasteiger partial charge is 0.508 e. The standard InChI is InChI=1S/C34H36N6O6/c1-19(34(45)46)38-32(43)30(16-22-18-37-28-9-5-3-7-25(22)28)40-33(44)29(14-20-10-12-23(41)13-11-20)39-31(42)26(35)15-21-17-36-27-8-4-2-6-24(21)27/h2-13,17-19,26,29-30,36-37,41H,14-16,35H2,1H3,(H,38,43)(H,39,42)(H,40,44)(H,45,46). The van der Waals surface area contributed by atoms with Crippen molar-refractivity contribution in [1.29, 1.82) is 0 Å². The Morgan fingerprint density at radius 2 is 1.20 bits per heavy atom. The molecule has 3 aromatic carbocycles. The van der Waals surface area contributed by atoms with Gasteiger partial charge < -0.3 is 41.9 Å². The van der Waals surface area contributed by atoms with Gasteiger partial charge in [-0.1, -0.05) is 48.5 Å². The SMILES string of the molecule is CC(NC(=O)C(Cc1c[nH]c2ccccc12)NC(=O)C(Cc1ccc(O)cc1)NC(=O)C(N)Cc1c[nH]c2ccccc12)C(=O)O. The van der Waals surface area contributed by atoms with Gasteiger partial charge in [-0.2, -0.15) is 0 Å². The van der Waals surface area contributed by atoms with E-state index in [9.17, 15) is 29.4 Å². The molecular weight excluding hydrogens is 588 g/mol. The van der Waals surface area contributed by atoms with Gasteiger partial charge >= 0.3 is 5.97 Å². The molecule has 0 spiro atoms. The molecule has 12 heteroatoms. The lowest BCUT2D eigenvalue weighted by Gasteiger charge is -2.25. The van der Waals surface area contributed by atoms with Crippen LogP contribution >= 0.6 is 0 Å². The molecule has 0 fully saturated rings. The van der Waals surface area contributed by atoms with Gasteiger partial charge in [0.05, 0.1) is 6.04 Å². The van der Waals surface area contributed by atoms with E-state index in [1.54, 1.807) is 24.5 Å². The zero-order valence-corrected chi connectivity index (χ0v) is 25.1. The summed E-state index contributed by atoms with van der Waals surface area (Å²) < 4.78 is 0. The monoisotopic (exact) mass is 624 g/mol. The van der Waals surface area contributed by atoms with Crippen molar-refractivity contribution in [1.82, 2.24) is 25.9 Å². The zero-order valence-electron chi connectivity index (χ0n) is 25.1. The number of aliphatic carboxylic acids is 1. The number of rotatable bonds is 13. The zero-order chi connectivity index (χ0) is 32.8. The Hall–Kier alpha value is -5.62. The summed E-state index contributed by atoms with van der Waals surface area (Å²) in [6, 6.07) is 16.8. The average molecular weight is 625 g/mol. The van der Waals surface area contributed by atoms with Crippen LogP contribution in [0, 0.1) is 0 Å². The van der Waals surface area contributed by atoms with Crippen molar-refractivity contribution in [2.75, 3.05) is 0 Å². The molecule has 0 aliphatic heterocycles. The van der Waals surface area contributed by atoms with Crippen LogP contribution in [0.2, 0.25) is 0 Å². The van der Waals surface area contributed by atoms with Crippen LogP contribution in [0.3, 0.4) is 0 Å². The molecule has 4 atom stereocenters. The molecule has 3 amide bonds. The maximum Gasteiger partial charge on any atom is 0.325 e. The predicted octanol–water partition coefficient (Wildman–Crippen LogP) is 2.27. The number of carbonyl (C=O) groups excluding carboxylic acids is 3. The molecular formula is C34H36N6O6. The number of nitrogens with two attached hydrogens (primary N) is 1. The second kappa shape index (κ2) is 14.0. The number of benzene rings is 3. The van der Waals surface area contributed by atoms with Crippen LogP contribution in [0.1, 0.15) is 23.6 Å². The molecule has 0 bridgehead atoms. The fraction of sp³-hybridized carbons (Fsp3) is 0.235. The third-order valence-corrected chi connectivity index (χ3v) is 7.92. The van der Waals surface area contributed by atoms with Crippen LogP contribution in [0.25, 0.3) is 21.8 Å². The van der Waals surface area contributed by atoms with Crippen molar-refractivity contribution in [3.8, 4) is 5.75 Å². The van der Waals surface area contributed by atoms with Gasteiger partial charge in [0.25, 0.3) is 0 Å². The molecule has 0 saturated carbocycles. The van der Waals surface area contributed by atoms with Crippen molar-refractivity contribution in [3.63, 3.8) is 0 Å². The van der Waals surface area contributed by atoms with Crippen molar-refractivity contribution >= 4 is 45.5 Å².